The normalized spacial score (nSPS) is 11.2. The van der Waals surface area contributed by atoms with E-state index in [4.69, 9.17) is 24.7 Å². The van der Waals surface area contributed by atoms with E-state index in [9.17, 15) is 0 Å². The fraction of sp³-hybridized carbons (Fsp3) is 0.409. The molecule has 0 spiro atoms. The fourth-order valence-electron chi connectivity index (χ4n) is 2.69. The van der Waals surface area contributed by atoms with Gasteiger partial charge in [-0.25, -0.2) is 4.99 Å². The van der Waals surface area contributed by atoms with Crippen molar-refractivity contribution in [2.24, 2.45) is 10.7 Å². The van der Waals surface area contributed by atoms with Crippen LogP contribution >= 0.6 is 0 Å². The van der Waals surface area contributed by atoms with E-state index < -0.39 is 0 Å². The monoisotopic (exact) mass is 401 g/mol. The maximum Gasteiger partial charge on any atom is 0.189 e. The Balaban J connectivity index is 1.95. The molecule has 0 radical (unpaired) electrons. The van der Waals surface area contributed by atoms with Crippen LogP contribution in [-0.2, 0) is 17.8 Å². The summed E-state index contributed by atoms with van der Waals surface area (Å²) in [6.45, 7) is 6.70. The second-order valence-corrected chi connectivity index (χ2v) is 6.40. The van der Waals surface area contributed by atoms with Gasteiger partial charge in [-0.3, -0.25) is 0 Å². The number of aliphatic imine (C=N–C) groups is 1. The van der Waals surface area contributed by atoms with Gasteiger partial charge in [0.25, 0.3) is 0 Å². The quantitative estimate of drug-likeness (QED) is 0.342. The van der Waals surface area contributed by atoms with Crippen LogP contribution in [0.2, 0.25) is 0 Å². The number of rotatable bonds is 11. The molecule has 0 aromatic heterocycles. The SMILES string of the molecule is CCOCCOc1cc(C)ccc1CNC(N)=NCc1ccc(OC)c(OC)c1. The molecule has 158 valence electrons. The predicted octanol–water partition coefficient (Wildman–Crippen LogP) is 3.03. The lowest BCUT2D eigenvalue weighted by Gasteiger charge is -2.14. The van der Waals surface area contributed by atoms with Crippen molar-refractivity contribution in [1.29, 1.82) is 0 Å². The fourth-order valence-corrected chi connectivity index (χ4v) is 2.69. The highest BCUT2D eigenvalue weighted by atomic mass is 16.5. The summed E-state index contributed by atoms with van der Waals surface area (Å²) in [4.78, 5) is 4.40. The molecule has 0 amide bonds. The third-order valence-corrected chi connectivity index (χ3v) is 4.25. The van der Waals surface area contributed by atoms with Crippen molar-refractivity contribution in [3.63, 3.8) is 0 Å². The first-order valence-corrected chi connectivity index (χ1v) is 9.62. The molecule has 0 bridgehead atoms. The van der Waals surface area contributed by atoms with Gasteiger partial charge < -0.3 is 30.0 Å². The van der Waals surface area contributed by atoms with E-state index in [-0.39, 0.29) is 0 Å². The average molecular weight is 402 g/mol. The summed E-state index contributed by atoms with van der Waals surface area (Å²) in [7, 11) is 3.22. The minimum Gasteiger partial charge on any atom is -0.493 e. The van der Waals surface area contributed by atoms with Crippen LogP contribution in [0.4, 0.5) is 0 Å². The largest absolute Gasteiger partial charge is 0.493 e. The number of nitrogens with one attached hydrogen (secondary N) is 1. The van der Waals surface area contributed by atoms with E-state index in [0.717, 1.165) is 22.4 Å². The molecule has 3 N–H and O–H groups in total. The maximum absolute atomic E-state index is 6.04. The Morgan fingerprint density at radius 1 is 1.00 bits per heavy atom. The van der Waals surface area contributed by atoms with E-state index in [1.165, 1.54) is 0 Å². The van der Waals surface area contributed by atoms with E-state index in [2.05, 4.69) is 10.3 Å². The number of guanidine groups is 1. The second kappa shape index (κ2) is 11.8. The Kier molecular flexibility index (Phi) is 9.11. The van der Waals surface area contributed by atoms with E-state index >= 15 is 0 Å². The van der Waals surface area contributed by atoms with Crippen molar-refractivity contribution < 1.29 is 18.9 Å². The van der Waals surface area contributed by atoms with Crippen LogP contribution in [0.25, 0.3) is 0 Å². The lowest BCUT2D eigenvalue weighted by atomic mass is 10.1. The number of aryl methyl sites for hydroxylation is 1. The van der Waals surface area contributed by atoms with Gasteiger partial charge in [-0.05, 0) is 43.2 Å². The standard InChI is InChI=1S/C22H31N3O4/c1-5-28-10-11-29-20-12-16(2)6-8-18(20)15-25-22(23)24-14-17-7-9-19(26-3)21(13-17)27-4/h6-9,12-13H,5,10-11,14-15H2,1-4H3,(H3,23,24,25). The van der Waals surface area contributed by atoms with Gasteiger partial charge in [-0.1, -0.05) is 18.2 Å². The number of hydrogen-bond acceptors (Lipinski definition) is 5. The van der Waals surface area contributed by atoms with Gasteiger partial charge in [0.05, 0.1) is 27.4 Å². The number of methoxy groups -OCH3 is 2. The summed E-state index contributed by atoms with van der Waals surface area (Å²) in [5, 5.41) is 3.14. The zero-order valence-corrected chi connectivity index (χ0v) is 17.7. The molecule has 2 aromatic carbocycles. The van der Waals surface area contributed by atoms with Crippen LogP contribution in [0.1, 0.15) is 23.6 Å². The first-order valence-electron chi connectivity index (χ1n) is 9.62. The van der Waals surface area contributed by atoms with Crippen LogP contribution in [0.15, 0.2) is 41.4 Å². The Morgan fingerprint density at radius 2 is 1.79 bits per heavy atom. The second-order valence-electron chi connectivity index (χ2n) is 6.40. The molecule has 0 heterocycles. The van der Waals surface area contributed by atoms with Crippen LogP contribution in [0.3, 0.4) is 0 Å². The minimum absolute atomic E-state index is 0.362. The number of nitrogens with zero attached hydrogens (tertiary/aromatic N) is 1. The molecule has 0 fully saturated rings. The van der Waals surface area contributed by atoms with Crippen molar-refractivity contribution >= 4 is 5.96 Å². The van der Waals surface area contributed by atoms with E-state index in [0.29, 0.717) is 50.4 Å². The van der Waals surface area contributed by atoms with Gasteiger partial charge in [-0.2, -0.15) is 0 Å². The van der Waals surface area contributed by atoms with Gasteiger partial charge in [0.15, 0.2) is 17.5 Å². The molecule has 7 nitrogen and oxygen atoms in total. The highest BCUT2D eigenvalue weighted by Gasteiger charge is 2.06. The highest BCUT2D eigenvalue weighted by Crippen LogP contribution is 2.27. The third kappa shape index (κ3) is 7.19. The number of nitrogens with two attached hydrogens (primary N) is 1. The molecule has 0 aliphatic carbocycles. The smallest absolute Gasteiger partial charge is 0.189 e. The Bertz CT molecular complexity index is 809. The van der Waals surface area contributed by atoms with Gasteiger partial charge >= 0.3 is 0 Å². The van der Waals surface area contributed by atoms with Crippen molar-refractivity contribution in [1.82, 2.24) is 5.32 Å². The van der Waals surface area contributed by atoms with Gasteiger partial charge in [0.1, 0.15) is 12.4 Å². The van der Waals surface area contributed by atoms with Crippen molar-refractivity contribution in [2.45, 2.75) is 26.9 Å². The molecule has 0 atom stereocenters. The molecule has 0 aliphatic heterocycles. The van der Waals surface area contributed by atoms with Crippen molar-refractivity contribution in [3.05, 3.63) is 53.1 Å². The van der Waals surface area contributed by atoms with Crippen LogP contribution in [-0.4, -0.2) is 40.0 Å². The molecule has 0 unspecified atom stereocenters. The van der Waals surface area contributed by atoms with Gasteiger partial charge in [0, 0.05) is 18.7 Å². The van der Waals surface area contributed by atoms with Gasteiger partial charge in [0.2, 0.25) is 0 Å². The summed E-state index contributed by atoms with van der Waals surface area (Å²) >= 11 is 0. The molecular formula is C22H31N3O4. The van der Waals surface area contributed by atoms with Gasteiger partial charge in [-0.15, -0.1) is 0 Å². The average Bonchev–Trinajstić information content (AvgIpc) is 2.74. The van der Waals surface area contributed by atoms with E-state index in [1.54, 1.807) is 14.2 Å². The number of hydrogen-bond donors (Lipinski definition) is 2. The number of ether oxygens (including phenoxy) is 4. The van der Waals surface area contributed by atoms with Crippen LogP contribution in [0.5, 0.6) is 17.2 Å². The van der Waals surface area contributed by atoms with Crippen molar-refractivity contribution in [2.75, 3.05) is 34.0 Å². The van der Waals surface area contributed by atoms with Crippen LogP contribution < -0.4 is 25.3 Å². The van der Waals surface area contributed by atoms with Crippen LogP contribution in [0, 0.1) is 6.92 Å². The zero-order chi connectivity index (χ0) is 21.1. The summed E-state index contributed by atoms with van der Waals surface area (Å²) in [6, 6.07) is 11.8. The summed E-state index contributed by atoms with van der Waals surface area (Å²) in [6.07, 6.45) is 0. The topological polar surface area (TPSA) is 87.3 Å². The Morgan fingerprint density at radius 3 is 2.52 bits per heavy atom. The predicted molar refractivity (Wildman–Crippen MR) is 115 cm³/mol. The molecule has 7 heteroatoms. The van der Waals surface area contributed by atoms with Crippen molar-refractivity contribution in [3.8, 4) is 17.2 Å². The molecule has 2 rings (SSSR count). The molecule has 29 heavy (non-hydrogen) atoms. The van der Waals surface area contributed by atoms with E-state index in [1.807, 2.05) is 50.2 Å². The highest BCUT2D eigenvalue weighted by molar-refractivity contribution is 5.77. The molecule has 0 saturated heterocycles. The Hall–Kier alpha value is -2.93. The Labute approximate surface area is 172 Å². The molecule has 0 aliphatic rings. The summed E-state index contributed by atoms with van der Waals surface area (Å²) in [5.41, 5.74) is 9.16. The molecular weight excluding hydrogens is 370 g/mol. The lowest BCUT2D eigenvalue weighted by Crippen LogP contribution is -2.31. The first-order chi connectivity index (χ1) is 14.1. The third-order valence-electron chi connectivity index (χ3n) is 4.25. The first kappa shape index (κ1) is 22.4. The minimum atomic E-state index is 0.362. The summed E-state index contributed by atoms with van der Waals surface area (Å²) < 4.78 is 21.8. The molecule has 2 aromatic rings. The zero-order valence-electron chi connectivity index (χ0n) is 17.7. The maximum atomic E-state index is 6.04. The number of benzene rings is 2. The lowest BCUT2D eigenvalue weighted by molar-refractivity contribution is 0.110. The molecule has 0 saturated carbocycles. The summed E-state index contributed by atoms with van der Waals surface area (Å²) in [5.74, 6) is 2.54.